The number of rotatable bonds is 5. The average Bonchev–Trinajstić information content (AvgIpc) is 3.16. The zero-order valence-electron chi connectivity index (χ0n) is 17.9. The van der Waals surface area contributed by atoms with Crippen LogP contribution in [0.15, 0.2) is 36.4 Å². The number of ether oxygens (including phenoxy) is 2. The molecule has 1 aliphatic heterocycles. The normalized spacial score (nSPS) is 15.5. The van der Waals surface area contributed by atoms with Crippen molar-refractivity contribution in [2.75, 3.05) is 31.0 Å². The number of hydrogen-bond donors (Lipinski definition) is 1. The fraction of sp³-hybridized carbons (Fsp3) is 0.304. The first-order valence-electron chi connectivity index (χ1n) is 9.74. The standard InChI is InChI=1S/C23H24N2O6/c1-13-5-7-17(9-14(13)2)25-12-16(11-20(25)26)21(27)24-19-10-15(22(28)30-3)6-8-18(19)23(29)31-4/h5-10,16H,11-12H2,1-4H3,(H,24,27). The first-order chi connectivity index (χ1) is 14.7. The van der Waals surface area contributed by atoms with Crippen molar-refractivity contribution < 1.29 is 28.7 Å². The molecule has 2 aromatic carbocycles. The van der Waals surface area contributed by atoms with E-state index in [1.807, 2.05) is 32.0 Å². The minimum absolute atomic E-state index is 0.0447. The molecule has 162 valence electrons. The van der Waals surface area contributed by atoms with Crippen molar-refractivity contribution >= 4 is 35.1 Å². The highest BCUT2D eigenvalue weighted by Gasteiger charge is 2.35. The van der Waals surface area contributed by atoms with E-state index in [0.717, 1.165) is 16.8 Å². The van der Waals surface area contributed by atoms with Gasteiger partial charge in [-0.2, -0.15) is 0 Å². The van der Waals surface area contributed by atoms with Gasteiger partial charge in [-0.25, -0.2) is 9.59 Å². The fourth-order valence-electron chi connectivity index (χ4n) is 3.44. The van der Waals surface area contributed by atoms with Crippen molar-refractivity contribution in [3.05, 3.63) is 58.7 Å². The molecule has 1 unspecified atom stereocenters. The molecular formula is C23H24N2O6. The van der Waals surface area contributed by atoms with Crippen LogP contribution in [-0.4, -0.2) is 44.5 Å². The van der Waals surface area contributed by atoms with E-state index < -0.39 is 23.8 Å². The van der Waals surface area contributed by atoms with Crippen LogP contribution >= 0.6 is 0 Å². The van der Waals surface area contributed by atoms with E-state index in [1.165, 1.54) is 32.4 Å². The summed E-state index contributed by atoms with van der Waals surface area (Å²) in [6, 6.07) is 9.86. The summed E-state index contributed by atoms with van der Waals surface area (Å²) in [6.07, 6.45) is 0.0447. The predicted molar refractivity (Wildman–Crippen MR) is 114 cm³/mol. The molecule has 2 amide bonds. The number of benzene rings is 2. The number of esters is 2. The fourth-order valence-corrected chi connectivity index (χ4v) is 3.44. The van der Waals surface area contributed by atoms with Gasteiger partial charge in [0.05, 0.1) is 37.0 Å². The van der Waals surface area contributed by atoms with Crippen molar-refractivity contribution in [3.63, 3.8) is 0 Å². The second-order valence-corrected chi connectivity index (χ2v) is 7.41. The molecule has 1 heterocycles. The summed E-state index contributed by atoms with van der Waals surface area (Å²) in [5.41, 5.74) is 3.30. The lowest BCUT2D eigenvalue weighted by Crippen LogP contribution is -2.28. The Morgan fingerprint density at radius 1 is 0.968 bits per heavy atom. The van der Waals surface area contributed by atoms with E-state index in [0.29, 0.717) is 0 Å². The molecule has 8 heteroatoms. The van der Waals surface area contributed by atoms with Crippen molar-refractivity contribution in [1.29, 1.82) is 0 Å². The lowest BCUT2D eigenvalue weighted by Gasteiger charge is -2.18. The second kappa shape index (κ2) is 8.99. The van der Waals surface area contributed by atoms with Crippen LogP contribution in [0.5, 0.6) is 0 Å². The molecule has 0 bridgehead atoms. The maximum atomic E-state index is 12.9. The Morgan fingerprint density at radius 3 is 2.32 bits per heavy atom. The van der Waals surface area contributed by atoms with E-state index in [2.05, 4.69) is 5.32 Å². The summed E-state index contributed by atoms with van der Waals surface area (Å²) in [7, 11) is 2.46. The topological polar surface area (TPSA) is 102 Å². The number of amides is 2. The third kappa shape index (κ3) is 4.58. The highest BCUT2D eigenvalue weighted by Crippen LogP contribution is 2.28. The third-order valence-electron chi connectivity index (χ3n) is 5.40. The molecular weight excluding hydrogens is 400 g/mol. The van der Waals surface area contributed by atoms with Crippen molar-refractivity contribution in [1.82, 2.24) is 0 Å². The van der Waals surface area contributed by atoms with Gasteiger partial charge in [0.2, 0.25) is 11.8 Å². The number of nitrogens with one attached hydrogen (secondary N) is 1. The largest absolute Gasteiger partial charge is 0.465 e. The van der Waals surface area contributed by atoms with Crippen LogP contribution in [0, 0.1) is 19.8 Å². The van der Waals surface area contributed by atoms with E-state index in [9.17, 15) is 19.2 Å². The van der Waals surface area contributed by atoms with Gasteiger partial charge < -0.3 is 19.7 Å². The number of carbonyl (C=O) groups excluding carboxylic acids is 4. The number of nitrogens with zero attached hydrogens (tertiary/aromatic N) is 1. The molecule has 0 radical (unpaired) electrons. The van der Waals surface area contributed by atoms with Crippen LogP contribution in [0.4, 0.5) is 11.4 Å². The second-order valence-electron chi connectivity index (χ2n) is 7.41. The minimum Gasteiger partial charge on any atom is -0.465 e. The Balaban J connectivity index is 1.82. The van der Waals surface area contributed by atoms with Gasteiger partial charge in [-0.15, -0.1) is 0 Å². The summed E-state index contributed by atoms with van der Waals surface area (Å²) >= 11 is 0. The van der Waals surface area contributed by atoms with Gasteiger partial charge in [0.1, 0.15) is 0 Å². The van der Waals surface area contributed by atoms with Crippen LogP contribution in [0.25, 0.3) is 0 Å². The molecule has 0 saturated carbocycles. The molecule has 1 aliphatic rings. The summed E-state index contributed by atoms with van der Waals surface area (Å²) in [4.78, 5) is 51.0. The molecule has 1 fully saturated rings. The quantitative estimate of drug-likeness (QED) is 0.741. The Labute approximate surface area is 180 Å². The van der Waals surface area contributed by atoms with Crippen LogP contribution < -0.4 is 10.2 Å². The average molecular weight is 424 g/mol. The van der Waals surface area contributed by atoms with Gasteiger partial charge in [-0.05, 0) is 55.3 Å². The molecule has 2 aromatic rings. The van der Waals surface area contributed by atoms with Gasteiger partial charge in [-0.1, -0.05) is 6.07 Å². The monoisotopic (exact) mass is 424 g/mol. The van der Waals surface area contributed by atoms with Crippen LogP contribution in [-0.2, 0) is 19.1 Å². The van der Waals surface area contributed by atoms with Crippen LogP contribution in [0.2, 0.25) is 0 Å². The Hall–Kier alpha value is -3.68. The summed E-state index contributed by atoms with van der Waals surface area (Å²) < 4.78 is 9.45. The summed E-state index contributed by atoms with van der Waals surface area (Å²) in [6.45, 7) is 4.17. The Bertz CT molecular complexity index is 1060. The number of aryl methyl sites for hydroxylation is 2. The van der Waals surface area contributed by atoms with Gasteiger partial charge in [0.15, 0.2) is 0 Å². The highest BCUT2D eigenvalue weighted by molar-refractivity contribution is 6.07. The molecule has 3 rings (SSSR count). The zero-order chi connectivity index (χ0) is 22.7. The van der Waals surface area contributed by atoms with E-state index in [4.69, 9.17) is 9.47 Å². The maximum absolute atomic E-state index is 12.9. The molecule has 1 atom stereocenters. The molecule has 31 heavy (non-hydrogen) atoms. The summed E-state index contributed by atoms with van der Waals surface area (Å²) in [5, 5.41) is 2.67. The van der Waals surface area contributed by atoms with Gasteiger partial charge in [0.25, 0.3) is 0 Å². The van der Waals surface area contributed by atoms with Gasteiger partial charge in [-0.3, -0.25) is 9.59 Å². The van der Waals surface area contributed by atoms with E-state index in [-0.39, 0.29) is 35.7 Å². The van der Waals surface area contributed by atoms with Crippen LogP contribution in [0.1, 0.15) is 38.3 Å². The number of carbonyl (C=O) groups is 4. The van der Waals surface area contributed by atoms with Crippen molar-refractivity contribution in [2.45, 2.75) is 20.3 Å². The number of methoxy groups -OCH3 is 2. The minimum atomic E-state index is -0.661. The highest BCUT2D eigenvalue weighted by atomic mass is 16.5. The first kappa shape index (κ1) is 22.0. The van der Waals surface area contributed by atoms with Crippen molar-refractivity contribution in [3.8, 4) is 0 Å². The number of anilines is 2. The molecule has 1 saturated heterocycles. The molecule has 1 N–H and O–H groups in total. The molecule has 0 spiro atoms. The predicted octanol–water partition coefficient (Wildman–Crippen LogP) is 2.87. The Kier molecular flexibility index (Phi) is 6.39. The number of hydrogen-bond acceptors (Lipinski definition) is 6. The molecule has 8 nitrogen and oxygen atoms in total. The lowest BCUT2D eigenvalue weighted by atomic mass is 10.1. The van der Waals surface area contributed by atoms with Crippen molar-refractivity contribution in [2.24, 2.45) is 5.92 Å². The zero-order valence-corrected chi connectivity index (χ0v) is 17.9. The van der Waals surface area contributed by atoms with Gasteiger partial charge >= 0.3 is 11.9 Å². The summed E-state index contributed by atoms with van der Waals surface area (Å²) in [5.74, 6) is -2.46. The van der Waals surface area contributed by atoms with Crippen LogP contribution in [0.3, 0.4) is 0 Å². The van der Waals surface area contributed by atoms with E-state index in [1.54, 1.807) is 4.90 Å². The van der Waals surface area contributed by atoms with E-state index >= 15 is 0 Å². The SMILES string of the molecule is COC(=O)c1ccc(C(=O)OC)c(NC(=O)C2CC(=O)N(c3ccc(C)c(C)c3)C2)c1. The smallest absolute Gasteiger partial charge is 0.339 e. The third-order valence-corrected chi connectivity index (χ3v) is 5.40. The Morgan fingerprint density at radius 2 is 1.68 bits per heavy atom. The lowest BCUT2D eigenvalue weighted by molar-refractivity contribution is -0.122. The molecule has 0 aliphatic carbocycles. The maximum Gasteiger partial charge on any atom is 0.339 e. The first-order valence-corrected chi connectivity index (χ1v) is 9.74. The van der Waals surface area contributed by atoms with Gasteiger partial charge in [0, 0.05) is 18.7 Å². The molecule has 0 aromatic heterocycles.